The Labute approximate surface area is 122 Å². The molecule has 2 saturated heterocycles. The van der Waals surface area contributed by atoms with Gasteiger partial charge in [0.1, 0.15) is 0 Å². The molecule has 0 aliphatic carbocycles. The fraction of sp³-hybridized carbons (Fsp3) is 0.933. The van der Waals surface area contributed by atoms with Gasteiger partial charge in [-0.1, -0.05) is 0 Å². The number of ether oxygens (including phenoxy) is 1. The summed E-state index contributed by atoms with van der Waals surface area (Å²) in [5.41, 5.74) is 5.44. The number of hydrogen-bond acceptors (Lipinski definition) is 4. The Hall–Kier alpha value is -0.650. The molecule has 1 amide bonds. The molecule has 2 aliphatic heterocycles. The molecular formula is C15H29N3O2. The van der Waals surface area contributed by atoms with Gasteiger partial charge in [0.05, 0.1) is 12.7 Å². The number of likely N-dealkylation sites (tertiary alicyclic amines) is 2. The lowest BCUT2D eigenvalue weighted by Gasteiger charge is -2.32. The minimum absolute atomic E-state index is 0.256. The van der Waals surface area contributed by atoms with Gasteiger partial charge in [-0.2, -0.15) is 0 Å². The summed E-state index contributed by atoms with van der Waals surface area (Å²) in [4.78, 5) is 16.3. The first-order valence-corrected chi connectivity index (χ1v) is 8.11. The molecule has 0 atom stereocenters. The third-order valence-corrected chi connectivity index (χ3v) is 4.35. The molecule has 0 unspecified atom stereocenters. The van der Waals surface area contributed by atoms with Gasteiger partial charge in [0.15, 0.2) is 0 Å². The Bertz CT molecular complexity index is 285. The summed E-state index contributed by atoms with van der Waals surface area (Å²) in [5.74, 6) is 0.256. The van der Waals surface area contributed by atoms with Crippen LogP contribution in [0.15, 0.2) is 0 Å². The summed E-state index contributed by atoms with van der Waals surface area (Å²) in [6.07, 6.45) is 6.37. The van der Waals surface area contributed by atoms with Crippen molar-refractivity contribution in [1.29, 1.82) is 0 Å². The van der Waals surface area contributed by atoms with Crippen molar-refractivity contribution in [2.75, 3.05) is 45.9 Å². The highest BCUT2D eigenvalue weighted by atomic mass is 16.5. The number of nitrogens with two attached hydrogens (primary N) is 1. The molecule has 2 heterocycles. The van der Waals surface area contributed by atoms with Gasteiger partial charge in [-0.3, -0.25) is 4.79 Å². The van der Waals surface area contributed by atoms with E-state index in [0.717, 1.165) is 45.5 Å². The molecule has 0 aromatic heterocycles. The molecule has 5 heteroatoms. The van der Waals surface area contributed by atoms with Crippen LogP contribution in [0.5, 0.6) is 0 Å². The van der Waals surface area contributed by atoms with Crippen LogP contribution in [0, 0.1) is 0 Å². The molecule has 2 aliphatic rings. The SMILES string of the molecule is NCCCC(=O)N1CCC(OCCN2CCCC2)CC1. The lowest BCUT2D eigenvalue weighted by Crippen LogP contribution is -2.41. The molecule has 0 radical (unpaired) electrons. The van der Waals surface area contributed by atoms with E-state index in [1.807, 2.05) is 4.90 Å². The average Bonchev–Trinajstić information content (AvgIpc) is 2.99. The number of carbonyl (C=O) groups is 1. The van der Waals surface area contributed by atoms with Gasteiger partial charge >= 0.3 is 0 Å². The fourth-order valence-electron chi connectivity index (χ4n) is 3.04. The van der Waals surface area contributed by atoms with Crippen LogP contribution in [0.2, 0.25) is 0 Å². The van der Waals surface area contributed by atoms with E-state index >= 15 is 0 Å². The standard InChI is InChI=1S/C15H29N3O2/c16-7-3-4-15(19)18-10-5-14(6-11-18)20-13-12-17-8-1-2-9-17/h14H,1-13,16H2. The van der Waals surface area contributed by atoms with Gasteiger partial charge in [0.25, 0.3) is 0 Å². The zero-order chi connectivity index (χ0) is 14.2. The normalized spacial score (nSPS) is 21.6. The monoisotopic (exact) mass is 283 g/mol. The zero-order valence-electron chi connectivity index (χ0n) is 12.6. The lowest BCUT2D eigenvalue weighted by molar-refractivity contribution is -0.133. The minimum Gasteiger partial charge on any atom is -0.377 e. The van der Waals surface area contributed by atoms with Gasteiger partial charge in [-0.05, 0) is 51.7 Å². The first-order chi connectivity index (χ1) is 9.79. The molecule has 2 fully saturated rings. The zero-order valence-corrected chi connectivity index (χ0v) is 12.6. The van der Waals surface area contributed by atoms with E-state index in [4.69, 9.17) is 10.5 Å². The van der Waals surface area contributed by atoms with E-state index < -0.39 is 0 Å². The van der Waals surface area contributed by atoms with Crippen molar-refractivity contribution in [3.05, 3.63) is 0 Å². The lowest BCUT2D eigenvalue weighted by atomic mass is 10.1. The maximum atomic E-state index is 11.9. The Morgan fingerprint density at radius 3 is 2.50 bits per heavy atom. The number of carbonyl (C=O) groups excluding carboxylic acids is 1. The predicted molar refractivity (Wildman–Crippen MR) is 79.5 cm³/mol. The van der Waals surface area contributed by atoms with Crippen molar-refractivity contribution in [2.24, 2.45) is 5.73 Å². The molecule has 2 N–H and O–H groups in total. The third kappa shape index (κ3) is 5.04. The largest absolute Gasteiger partial charge is 0.377 e. The number of piperidine rings is 1. The predicted octanol–water partition coefficient (Wildman–Crippen LogP) is 0.829. The molecule has 0 bridgehead atoms. The second-order valence-electron chi connectivity index (χ2n) is 5.89. The smallest absolute Gasteiger partial charge is 0.222 e. The van der Waals surface area contributed by atoms with Crippen LogP contribution in [-0.2, 0) is 9.53 Å². The van der Waals surface area contributed by atoms with E-state index in [1.165, 1.54) is 25.9 Å². The molecule has 20 heavy (non-hydrogen) atoms. The third-order valence-electron chi connectivity index (χ3n) is 4.35. The number of amides is 1. The highest BCUT2D eigenvalue weighted by Crippen LogP contribution is 2.15. The topological polar surface area (TPSA) is 58.8 Å². The van der Waals surface area contributed by atoms with Gasteiger partial charge < -0.3 is 20.3 Å². The average molecular weight is 283 g/mol. The first-order valence-electron chi connectivity index (χ1n) is 8.11. The summed E-state index contributed by atoms with van der Waals surface area (Å²) >= 11 is 0. The molecule has 0 spiro atoms. The van der Waals surface area contributed by atoms with Crippen LogP contribution in [0.3, 0.4) is 0 Å². The summed E-state index contributed by atoms with van der Waals surface area (Å²) in [5, 5.41) is 0. The quantitative estimate of drug-likeness (QED) is 0.752. The Morgan fingerprint density at radius 2 is 1.85 bits per heavy atom. The summed E-state index contributed by atoms with van der Waals surface area (Å²) in [7, 11) is 0. The van der Waals surface area contributed by atoms with Crippen molar-refractivity contribution in [2.45, 2.75) is 44.6 Å². The minimum atomic E-state index is 0.256. The van der Waals surface area contributed by atoms with Crippen molar-refractivity contribution < 1.29 is 9.53 Å². The molecule has 0 aromatic carbocycles. The highest BCUT2D eigenvalue weighted by molar-refractivity contribution is 5.76. The van der Waals surface area contributed by atoms with Crippen LogP contribution in [0.25, 0.3) is 0 Å². The van der Waals surface area contributed by atoms with E-state index in [1.54, 1.807) is 0 Å². The Kier molecular flexibility index (Phi) is 6.76. The molecule has 2 rings (SSSR count). The molecular weight excluding hydrogens is 254 g/mol. The van der Waals surface area contributed by atoms with Gasteiger partial charge in [0, 0.05) is 26.1 Å². The number of nitrogens with zero attached hydrogens (tertiary/aromatic N) is 2. The van der Waals surface area contributed by atoms with Crippen LogP contribution in [0.4, 0.5) is 0 Å². The molecule has 5 nitrogen and oxygen atoms in total. The fourth-order valence-corrected chi connectivity index (χ4v) is 3.04. The molecule has 0 aromatic rings. The Morgan fingerprint density at radius 1 is 1.15 bits per heavy atom. The Balaban J connectivity index is 1.55. The van der Waals surface area contributed by atoms with Crippen LogP contribution < -0.4 is 5.73 Å². The second-order valence-corrected chi connectivity index (χ2v) is 5.89. The number of rotatable bonds is 7. The first kappa shape index (κ1) is 15.7. The maximum Gasteiger partial charge on any atom is 0.222 e. The second kappa shape index (κ2) is 8.60. The summed E-state index contributed by atoms with van der Waals surface area (Å²) < 4.78 is 5.95. The van der Waals surface area contributed by atoms with Crippen molar-refractivity contribution in [1.82, 2.24) is 9.80 Å². The van der Waals surface area contributed by atoms with Crippen molar-refractivity contribution in [3.63, 3.8) is 0 Å². The summed E-state index contributed by atoms with van der Waals surface area (Å²) in [6.45, 7) is 6.66. The van der Waals surface area contributed by atoms with Crippen molar-refractivity contribution in [3.8, 4) is 0 Å². The van der Waals surface area contributed by atoms with Crippen LogP contribution >= 0.6 is 0 Å². The van der Waals surface area contributed by atoms with Crippen LogP contribution in [-0.4, -0.2) is 67.7 Å². The van der Waals surface area contributed by atoms with Gasteiger partial charge in [-0.15, -0.1) is 0 Å². The van der Waals surface area contributed by atoms with E-state index in [0.29, 0.717) is 19.1 Å². The number of hydrogen-bond donors (Lipinski definition) is 1. The molecule has 0 saturated carbocycles. The maximum absolute atomic E-state index is 11.9. The van der Waals surface area contributed by atoms with Crippen molar-refractivity contribution >= 4 is 5.91 Å². The van der Waals surface area contributed by atoms with E-state index in [2.05, 4.69) is 4.90 Å². The molecule has 116 valence electrons. The van der Waals surface area contributed by atoms with E-state index in [-0.39, 0.29) is 5.91 Å². The van der Waals surface area contributed by atoms with E-state index in [9.17, 15) is 4.79 Å². The van der Waals surface area contributed by atoms with Gasteiger partial charge in [0.2, 0.25) is 5.91 Å². The van der Waals surface area contributed by atoms with Crippen LogP contribution in [0.1, 0.15) is 38.5 Å². The highest BCUT2D eigenvalue weighted by Gasteiger charge is 2.23. The van der Waals surface area contributed by atoms with Gasteiger partial charge in [-0.25, -0.2) is 0 Å². The summed E-state index contributed by atoms with van der Waals surface area (Å²) in [6, 6.07) is 0.